The summed E-state index contributed by atoms with van der Waals surface area (Å²) in [7, 11) is 0. The quantitative estimate of drug-likeness (QED) is 0.688. The van der Waals surface area contributed by atoms with Gasteiger partial charge in [-0.2, -0.15) is 0 Å². The molecule has 1 aromatic carbocycles. The van der Waals surface area contributed by atoms with Crippen LogP contribution in [0, 0.1) is 0 Å². The van der Waals surface area contributed by atoms with Crippen LogP contribution in [-0.4, -0.2) is 18.5 Å². The summed E-state index contributed by atoms with van der Waals surface area (Å²) in [5.41, 5.74) is 1.31. The molecule has 0 aromatic heterocycles. The second kappa shape index (κ2) is 10.4. The van der Waals surface area contributed by atoms with Crippen LogP contribution in [0.15, 0.2) is 30.3 Å². The van der Waals surface area contributed by atoms with Crippen LogP contribution in [0.4, 0.5) is 0 Å². The van der Waals surface area contributed by atoms with Gasteiger partial charge in [-0.25, -0.2) is 0 Å². The summed E-state index contributed by atoms with van der Waals surface area (Å²) < 4.78 is 0. The Balaban J connectivity index is 2.41. The van der Waals surface area contributed by atoms with Crippen LogP contribution < -0.4 is 10.6 Å². The minimum Gasteiger partial charge on any atom is -0.354 e. The van der Waals surface area contributed by atoms with Crippen molar-refractivity contribution in [3.8, 4) is 0 Å². The van der Waals surface area contributed by atoms with Crippen molar-refractivity contribution in [2.75, 3.05) is 6.54 Å². The Labute approximate surface area is 129 Å². The molecule has 0 fully saturated rings. The van der Waals surface area contributed by atoms with Crippen molar-refractivity contribution >= 4 is 5.91 Å². The summed E-state index contributed by atoms with van der Waals surface area (Å²) in [4.78, 5) is 11.8. The zero-order valence-electron chi connectivity index (χ0n) is 13.7. The molecule has 0 aliphatic heterocycles. The highest BCUT2D eigenvalue weighted by Gasteiger charge is 2.11. The van der Waals surface area contributed by atoms with Crippen molar-refractivity contribution in [1.82, 2.24) is 10.6 Å². The molecule has 1 aromatic rings. The third-order valence-corrected chi connectivity index (χ3v) is 3.81. The van der Waals surface area contributed by atoms with Gasteiger partial charge < -0.3 is 10.6 Å². The Hall–Kier alpha value is -1.35. The van der Waals surface area contributed by atoms with Crippen molar-refractivity contribution < 1.29 is 4.79 Å². The van der Waals surface area contributed by atoms with Crippen LogP contribution in [0.1, 0.15) is 64.5 Å². The summed E-state index contributed by atoms with van der Waals surface area (Å²) in [5.74, 6) is 0.138. The number of hydrogen-bond acceptors (Lipinski definition) is 2. The lowest BCUT2D eigenvalue weighted by Crippen LogP contribution is -2.34. The summed E-state index contributed by atoms with van der Waals surface area (Å²) >= 11 is 0. The van der Waals surface area contributed by atoms with Gasteiger partial charge in [0.25, 0.3) is 0 Å². The highest BCUT2D eigenvalue weighted by Crippen LogP contribution is 2.18. The molecule has 2 N–H and O–H groups in total. The van der Waals surface area contributed by atoms with Gasteiger partial charge in [0.1, 0.15) is 0 Å². The maximum Gasteiger partial charge on any atom is 0.221 e. The van der Waals surface area contributed by atoms with Crippen molar-refractivity contribution in [3.05, 3.63) is 35.9 Å². The first-order valence-corrected chi connectivity index (χ1v) is 8.25. The molecule has 0 aliphatic rings. The number of carbonyl (C=O) groups excluding carboxylic acids is 1. The maximum atomic E-state index is 11.8. The fraction of sp³-hybridized carbons (Fsp3) is 0.611. The molecule has 0 saturated heterocycles. The summed E-state index contributed by atoms with van der Waals surface area (Å²) in [6.07, 6.45) is 5.03. The van der Waals surface area contributed by atoms with E-state index in [2.05, 4.69) is 48.7 Å². The average Bonchev–Trinajstić information content (AvgIpc) is 2.51. The van der Waals surface area contributed by atoms with E-state index in [1.165, 1.54) is 18.4 Å². The topological polar surface area (TPSA) is 41.1 Å². The minimum absolute atomic E-state index is 0.138. The fourth-order valence-corrected chi connectivity index (χ4v) is 2.29. The second-order valence-corrected chi connectivity index (χ2v) is 5.69. The van der Waals surface area contributed by atoms with Crippen molar-refractivity contribution in [3.63, 3.8) is 0 Å². The molecule has 3 heteroatoms. The third-order valence-electron chi connectivity index (χ3n) is 3.81. The van der Waals surface area contributed by atoms with Gasteiger partial charge in [-0.3, -0.25) is 4.79 Å². The maximum absolute atomic E-state index is 11.8. The van der Waals surface area contributed by atoms with Crippen molar-refractivity contribution in [1.29, 1.82) is 0 Å². The van der Waals surface area contributed by atoms with Gasteiger partial charge >= 0.3 is 0 Å². The number of amides is 1. The molecule has 0 aliphatic carbocycles. The van der Waals surface area contributed by atoms with E-state index in [4.69, 9.17) is 0 Å². The lowest BCUT2D eigenvalue weighted by molar-refractivity contribution is -0.121. The molecular formula is C18H30N2O. The Morgan fingerprint density at radius 1 is 1.19 bits per heavy atom. The summed E-state index contributed by atoms with van der Waals surface area (Å²) in [6.45, 7) is 7.06. The molecule has 0 bridgehead atoms. The third kappa shape index (κ3) is 7.28. The van der Waals surface area contributed by atoms with Crippen molar-refractivity contribution in [2.45, 2.75) is 65.0 Å². The number of nitrogens with one attached hydrogen (secondary N) is 2. The van der Waals surface area contributed by atoms with E-state index in [9.17, 15) is 4.79 Å². The van der Waals surface area contributed by atoms with Crippen LogP contribution in [-0.2, 0) is 4.79 Å². The van der Waals surface area contributed by atoms with Gasteiger partial charge in [-0.1, -0.05) is 57.0 Å². The normalized spacial score (nSPS) is 13.7. The standard InChI is InChI=1S/C18H30N2O/c1-4-6-12-17(16-10-8-7-9-11-16)19-14-13-18(21)20-15(3)5-2/h7-11,15,17,19H,4-6,12-14H2,1-3H3,(H,20,21). The molecule has 0 saturated carbocycles. The lowest BCUT2D eigenvalue weighted by atomic mass is 10.0. The lowest BCUT2D eigenvalue weighted by Gasteiger charge is -2.19. The monoisotopic (exact) mass is 290 g/mol. The van der Waals surface area contributed by atoms with E-state index in [1.807, 2.05) is 13.0 Å². The van der Waals surface area contributed by atoms with Gasteiger partial charge in [0.15, 0.2) is 0 Å². The van der Waals surface area contributed by atoms with E-state index in [1.54, 1.807) is 0 Å². The van der Waals surface area contributed by atoms with Crippen LogP contribution in [0.25, 0.3) is 0 Å². The van der Waals surface area contributed by atoms with Gasteiger partial charge in [-0.15, -0.1) is 0 Å². The molecule has 1 amide bonds. The first-order valence-electron chi connectivity index (χ1n) is 8.25. The van der Waals surface area contributed by atoms with Crippen LogP contribution in [0.5, 0.6) is 0 Å². The van der Waals surface area contributed by atoms with Crippen molar-refractivity contribution in [2.24, 2.45) is 0 Å². The molecule has 3 nitrogen and oxygen atoms in total. The Kier molecular flexibility index (Phi) is 8.76. The van der Waals surface area contributed by atoms with E-state index < -0.39 is 0 Å². The van der Waals surface area contributed by atoms with E-state index >= 15 is 0 Å². The molecule has 0 heterocycles. The van der Waals surface area contributed by atoms with Gasteiger partial charge in [0.2, 0.25) is 5.91 Å². The predicted molar refractivity (Wildman–Crippen MR) is 89.2 cm³/mol. The number of carbonyl (C=O) groups is 1. The summed E-state index contributed by atoms with van der Waals surface area (Å²) in [5, 5.41) is 6.54. The van der Waals surface area contributed by atoms with E-state index in [0.29, 0.717) is 12.5 Å². The van der Waals surface area contributed by atoms with E-state index in [0.717, 1.165) is 19.4 Å². The molecule has 0 spiro atoms. The molecule has 2 unspecified atom stereocenters. The highest BCUT2D eigenvalue weighted by atomic mass is 16.1. The molecular weight excluding hydrogens is 260 g/mol. The largest absolute Gasteiger partial charge is 0.354 e. The predicted octanol–water partition coefficient (Wildman–Crippen LogP) is 3.81. The summed E-state index contributed by atoms with van der Waals surface area (Å²) in [6, 6.07) is 11.1. The number of unbranched alkanes of at least 4 members (excludes halogenated alkanes) is 1. The van der Waals surface area contributed by atoms with Gasteiger partial charge in [-0.05, 0) is 25.3 Å². The zero-order valence-corrected chi connectivity index (χ0v) is 13.7. The number of benzene rings is 1. The van der Waals surface area contributed by atoms with Crippen LogP contribution in [0.2, 0.25) is 0 Å². The Morgan fingerprint density at radius 3 is 2.52 bits per heavy atom. The molecule has 21 heavy (non-hydrogen) atoms. The first kappa shape index (κ1) is 17.7. The number of hydrogen-bond donors (Lipinski definition) is 2. The molecule has 2 atom stereocenters. The Bertz CT molecular complexity index is 391. The van der Waals surface area contributed by atoms with Crippen LogP contribution in [0.3, 0.4) is 0 Å². The van der Waals surface area contributed by atoms with Gasteiger partial charge in [0, 0.05) is 25.0 Å². The first-order chi connectivity index (χ1) is 10.2. The minimum atomic E-state index is 0.138. The Morgan fingerprint density at radius 2 is 1.90 bits per heavy atom. The smallest absolute Gasteiger partial charge is 0.221 e. The van der Waals surface area contributed by atoms with E-state index in [-0.39, 0.29) is 11.9 Å². The number of rotatable bonds is 10. The SMILES string of the molecule is CCCCC(NCCC(=O)NC(C)CC)c1ccccc1. The van der Waals surface area contributed by atoms with Crippen LogP contribution >= 0.6 is 0 Å². The molecule has 0 radical (unpaired) electrons. The molecule has 118 valence electrons. The highest BCUT2D eigenvalue weighted by molar-refractivity contribution is 5.76. The van der Waals surface area contributed by atoms with Gasteiger partial charge in [0.05, 0.1) is 0 Å². The average molecular weight is 290 g/mol. The molecule has 1 rings (SSSR count). The zero-order chi connectivity index (χ0) is 15.5. The fourth-order valence-electron chi connectivity index (χ4n) is 2.29. The second-order valence-electron chi connectivity index (χ2n) is 5.69.